The molecule has 0 saturated carbocycles. The van der Waals surface area contributed by atoms with Gasteiger partial charge in [-0.15, -0.1) is 0 Å². The van der Waals surface area contributed by atoms with E-state index in [1.165, 1.54) is 11.3 Å². The number of nitrogens with one attached hydrogen (secondary N) is 1. The van der Waals surface area contributed by atoms with Crippen LogP contribution in [-0.4, -0.2) is 61.5 Å². The molecule has 188 valence electrons. The van der Waals surface area contributed by atoms with Crippen LogP contribution in [0.5, 0.6) is 11.5 Å². The minimum absolute atomic E-state index is 0.109. The summed E-state index contributed by atoms with van der Waals surface area (Å²) in [7, 11) is 3.91. The third kappa shape index (κ3) is 6.50. The molecule has 2 heterocycles. The number of thiazole rings is 1. The topological polar surface area (TPSA) is 101 Å². The highest BCUT2D eigenvalue weighted by Gasteiger charge is 2.29. The second kappa shape index (κ2) is 11.8. The second-order valence-corrected chi connectivity index (χ2v) is 9.85. The van der Waals surface area contributed by atoms with Crippen molar-refractivity contribution in [2.75, 3.05) is 38.6 Å². The number of ether oxygens (including phenoxy) is 1. The standard InChI is InChI=1S/C27H31N5O3S/c1-31(2)16-7-11-23(33)29-18-20-8-6-17-32(20)27-30-24(25(36-27)26(28)34)19-12-14-22(15-13-19)35-21-9-4-3-5-10-21/h3-5,7,9-15,20H,6,8,16-18H2,1-2H3,(H2,28,34)(H,29,33)/b11-7+/t20-/m1/s1. The first-order valence-corrected chi connectivity index (χ1v) is 12.7. The van der Waals surface area contributed by atoms with Gasteiger partial charge in [0.1, 0.15) is 16.4 Å². The summed E-state index contributed by atoms with van der Waals surface area (Å²) in [4.78, 5) is 33.8. The summed E-state index contributed by atoms with van der Waals surface area (Å²) in [6, 6.07) is 17.1. The van der Waals surface area contributed by atoms with E-state index in [2.05, 4.69) is 10.2 Å². The summed E-state index contributed by atoms with van der Waals surface area (Å²) in [5, 5.41) is 3.72. The summed E-state index contributed by atoms with van der Waals surface area (Å²) in [6.07, 6.45) is 5.33. The van der Waals surface area contributed by atoms with Crippen LogP contribution in [-0.2, 0) is 4.79 Å². The lowest BCUT2D eigenvalue weighted by Crippen LogP contribution is -2.39. The molecular weight excluding hydrogens is 474 g/mol. The number of likely N-dealkylation sites (N-methyl/N-ethyl adjacent to an activating group) is 1. The maximum Gasteiger partial charge on any atom is 0.261 e. The van der Waals surface area contributed by atoms with Gasteiger partial charge in [0.15, 0.2) is 5.13 Å². The quantitative estimate of drug-likeness (QED) is 0.405. The van der Waals surface area contributed by atoms with Gasteiger partial charge >= 0.3 is 0 Å². The molecule has 4 rings (SSSR count). The highest BCUT2D eigenvalue weighted by Crippen LogP contribution is 2.36. The van der Waals surface area contributed by atoms with Gasteiger partial charge in [-0.2, -0.15) is 0 Å². The number of nitrogens with zero attached hydrogens (tertiary/aromatic N) is 3. The van der Waals surface area contributed by atoms with E-state index >= 15 is 0 Å². The van der Waals surface area contributed by atoms with E-state index in [9.17, 15) is 9.59 Å². The van der Waals surface area contributed by atoms with Gasteiger partial charge in [-0.1, -0.05) is 35.6 Å². The number of anilines is 1. The normalized spacial score (nSPS) is 15.5. The third-order valence-corrected chi connectivity index (χ3v) is 6.93. The Labute approximate surface area is 215 Å². The fourth-order valence-electron chi connectivity index (χ4n) is 4.05. The Morgan fingerprint density at radius 3 is 2.58 bits per heavy atom. The molecule has 2 amide bonds. The Balaban J connectivity index is 1.47. The number of para-hydroxylation sites is 1. The third-order valence-electron chi connectivity index (χ3n) is 5.82. The van der Waals surface area contributed by atoms with E-state index < -0.39 is 5.91 Å². The molecule has 0 bridgehead atoms. The lowest BCUT2D eigenvalue weighted by molar-refractivity contribution is -0.116. The molecule has 0 unspecified atom stereocenters. The first-order valence-electron chi connectivity index (χ1n) is 11.9. The molecule has 9 heteroatoms. The molecular formula is C27H31N5O3S. The number of carbonyl (C=O) groups excluding carboxylic acids is 2. The minimum atomic E-state index is -0.506. The fourth-order valence-corrected chi connectivity index (χ4v) is 5.09. The Morgan fingerprint density at radius 1 is 1.17 bits per heavy atom. The van der Waals surface area contributed by atoms with E-state index in [1.54, 1.807) is 6.08 Å². The zero-order valence-corrected chi connectivity index (χ0v) is 21.3. The van der Waals surface area contributed by atoms with Crippen molar-refractivity contribution in [3.05, 3.63) is 71.6 Å². The van der Waals surface area contributed by atoms with E-state index in [-0.39, 0.29) is 11.9 Å². The van der Waals surface area contributed by atoms with Gasteiger partial charge in [0, 0.05) is 37.3 Å². The Bertz CT molecular complexity index is 1210. The second-order valence-electron chi connectivity index (χ2n) is 8.88. The number of nitrogens with two attached hydrogens (primary N) is 1. The summed E-state index contributed by atoms with van der Waals surface area (Å²) in [6.45, 7) is 2.03. The predicted molar refractivity (Wildman–Crippen MR) is 144 cm³/mol. The molecule has 1 aliphatic rings. The van der Waals surface area contributed by atoms with E-state index in [0.29, 0.717) is 29.4 Å². The fraction of sp³-hybridized carbons (Fsp3) is 0.296. The molecule has 1 aliphatic heterocycles. The van der Waals surface area contributed by atoms with Crippen LogP contribution in [0, 0.1) is 0 Å². The molecule has 1 atom stereocenters. The molecule has 36 heavy (non-hydrogen) atoms. The van der Waals surface area contributed by atoms with Gasteiger partial charge in [0.25, 0.3) is 5.91 Å². The minimum Gasteiger partial charge on any atom is -0.457 e. The zero-order valence-electron chi connectivity index (χ0n) is 20.5. The first kappa shape index (κ1) is 25.4. The average molecular weight is 506 g/mol. The van der Waals surface area contributed by atoms with Gasteiger partial charge in [-0.05, 0) is 63.3 Å². The molecule has 3 N–H and O–H groups in total. The van der Waals surface area contributed by atoms with Crippen LogP contribution in [0.25, 0.3) is 11.3 Å². The van der Waals surface area contributed by atoms with Crippen molar-refractivity contribution in [2.45, 2.75) is 18.9 Å². The number of aromatic nitrogens is 1. The predicted octanol–water partition coefficient (Wildman–Crippen LogP) is 3.90. The lowest BCUT2D eigenvalue weighted by Gasteiger charge is -2.24. The first-order chi connectivity index (χ1) is 17.4. The molecule has 0 aliphatic carbocycles. The Morgan fingerprint density at radius 2 is 1.89 bits per heavy atom. The van der Waals surface area contributed by atoms with Crippen molar-refractivity contribution in [1.82, 2.24) is 15.2 Å². The van der Waals surface area contributed by atoms with Crippen molar-refractivity contribution in [3.8, 4) is 22.8 Å². The molecule has 3 aromatic rings. The van der Waals surface area contributed by atoms with Crippen molar-refractivity contribution in [1.29, 1.82) is 0 Å². The van der Waals surface area contributed by atoms with Gasteiger partial charge in [-0.25, -0.2) is 4.98 Å². The number of hydrogen-bond donors (Lipinski definition) is 2. The van der Waals surface area contributed by atoms with Crippen LogP contribution in [0.15, 0.2) is 66.7 Å². The summed E-state index contributed by atoms with van der Waals surface area (Å²) >= 11 is 1.30. The maximum atomic E-state index is 12.3. The van der Waals surface area contributed by atoms with Crippen LogP contribution < -0.4 is 20.7 Å². The van der Waals surface area contributed by atoms with Crippen molar-refractivity contribution >= 4 is 28.3 Å². The number of amides is 2. The molecule has 0 spiro atoms. The van der Waals surface area contributed by atoms with Crippen LogP contribution >= 0.6 is 11.3 Å². The Kier molecular flexibility index (Phi) is 8.35. The molecule has 0 radical (unpaired) electrons. The van der Waals surface area contributed by atoms with Gasteiger partial charge in [0.2, 0.25) is 5.91 Å². The van der Waals surface area contributed by atoms with Crippen molar-refractivity contribution < 1.29 is 14.3 Å². The van der Waals surface area contributed by atoms with Crippen LogP contribution in [0.2, 0.25) is 0 Å². The molecule has 1 aromatic heterocycles. The van der Waals surface area contributed by atoms with Gasteiger partial charge < -0.3 is 25.6 Å². The molecule has 2 aromatic carbocycles. The number of carbonyl (C=O) groups is 2. The van der Waals surface area contributed by atoms with Gasteiger partial charge in [-0.3, -0.25) is 9.59 Å². The van der Waals surface area contributed by atoms with E-state index in [4.69, 9.17) is 15.5 Å². The SMILES string of the molecule is CN(C)C/C=C/C(=O)NC[C@H]1CCCN1c1nc(-c2ccc(Oc3ccccc3)cc2)c(C(N)=O)s1. The zero-order chi connectivity index (χ0) is 25.5. The van der Waals surface area contributed by atoms with Crippen LogP contribution in [0.4, 0.5) is 5.13 Å². The average Bonchev–Trinajstić information content (AvgIpc) is 3.51. The summed E-state index contributed by atoms with van der Waals surface area (Å²) in [5.74, 6) is 0.822. The number of rotatable bonds is 10. The lowest BCUT2D eigenvalue weighted by atomic mass is 10.1. The van der Waals surface area contributed by atoms with Crippen molar-refractivity contribution in [3.63, 3.8) is 0 Å². The number of benzene rings is 2. The molecule has 8 nitrogen and oxygen atoms in total. The highest BCUT2D eigenvalue weighted by atomic mass is 32.1. The smallest absolute Gasteiger partial charge is 0.261 e. The van der Waals surface area contributed by atoms with Crippen LogP contribution in [0.3, 0.4) is 0 Å². The highest BCUT2D eigenvalue weighted by molar-refractivity contribution is 7.18. The summed E-state index contributed by atoms with van der Waals surface area (Å²) in [5.41, 5.74) is 7.08. The number of primary amides is 1. The summed E-state index contributed by atoms with van der Waals surface area (Å²) < 4.78 is 5.87. The number of hydrogen-bond acceptors (Lipinski definition) is 7. The largest absolute Gasteiger partial charge is 0.457 e. The van der Waals surface area contributed by atoms with Crippen molar-refractivity contribution in [2.24, 2.45) is 5.73 Å². The molecule has 1 fully saturated rings. The molecule has 1 saturated heterocycles. The van der Waals surface area contributed by atoms with E-state index in [0.717, 1.165) is 35.8 Å². The van der Waals surface area contributed by atoms with E-state index in [1.807, 2.05) is 79.7 Å². The monoisotopic (exact) mass is 505 g/mol. The van der Waals surface area contributed by atoms with Crippen LogP contribution in [0.1, 0.15) is 22.5 Å². The Hall–Kier alpha value is -3.69. The maximum absolute atomic E-state index is 12.3. The van der Waals surface area contributed by atoms with Gasteiger partial charge in [0.05, 0.1) is 5.69 Å².